The number of β-lactam (4-membered cyclic amide) rings is 1. The van der Waals surface area contributed by atoms with Gasteiger partial charge in [-0.05, 0) is 12.1 Å². The summed E-state index contributed by atoms with van der Waals surface area (Å²) >= 11 is 2.08. The standard InChI is InChI=1S/C20H16F3N5O6S2/c21-9-2-1-3-10(4-9)33-5-8-6-35-17-13(16(30)28(17)14(8)18(31)32)26-15(29)12(27-34-19(22)23)11-7-36-20(24)25-11/h1-4,7,13,17,19H,5-6H2,(H2,24,25)(H,26,29)(H,31,32)/b27-12+/t13?,17-/m1/s1. The number of aliphatic carboxylic acids is 1. The fourth-order valence-corrected chi connectivity index (χ4v) is 5.30. The third-order valence-electron chi connectivity index (χ3n) is 4.95. The van der Waals surface area contributed by atoms with Gasteiger partial charge >= 0.3 is 12.6 Å². The maximum absolute atomic E-state index is 13.4. The number of aromatic nitrogens is 1. The third kappa shape index (κ3) is 5.23. The molecule has 0 saturated carbocycles. The van der Waals surface area contributed by atoms with E-state index in [1.165, 1.54) is 23.6 Å². The lowest BCUT2D eigenvalue weighted by Gasteiger charge is -2.49. The molecule has 2 aromatic rings. The van der Waals surface area contributed by atoms with Gasteiger partial charge in [-0.2, -0.15) is 8.78 Å². The summed E-state index contributed by atoms with van der Waals surface area (Å²) in [6, 6.07) is 4.11. The number of fused-ring (bicyclic) bond motifs is 1. The van der Waals surface area contributed by atoms with Gasteiger partial charge in [-0.1, -0.05) is 11.2 Å². The van der Waals surface area contributed by atoms with E-state index in [0.29, 0.717) is 0 Å². The van der Waals surface area contributed by atoms with Crippen LogP contribution in [0.3, 0.4) is 0 Å². The van der Waals surface area contributed by atoms with Crippen molar-refractivity contribution in [2.45, 2.75) is 18.0 Å². The molecule has 2 atom stereocenters. The van der Waals surface area contributed by atoms with Gasteiger partial charge in [-0.25, -0.2) is 14.2 Å². The second-order valence-electron chi connectivity index (χ2n) is 7.24. The van der Waals surface area contributed by atoms with Crippen LogP contribution in [-0.2, 0) is 19.2 Å². The Morgan fingerprint density at radius 2 is 2.17 bits per heavy atom. The maximum atomic E-state index is 13.4. The minimum Gasteiger partial charge on any atom is -0.489 e. The molecule has 4 N–H and O–H groups in total. The Bertz CT molecular complexity index is 1270. The molecule has 2 aliphatic rings. The van der Waals surface area contributed by atoms with Gasteiger partial charge in [0.15, 0.2) is 10.8 Å². The van der Waals surface area contributed by atoms with Crippen molar-refractivity contribution in [1.82, 2.24) is 15.2 Å². The molecular weight excluding hydrogens is 527 g/mol. The van der Waals surface area contributed by atoms with E-state index < -0.39 is 47.3 Å². The van der Waals surface area contributed by atoms with E-state index in [4.69, 9.17) is 10.5 Å². The Hall–Kier alpha value is -3.79. The molecule has 0 bridgehead atoms. The highest BCUT2D eigenvalue weighted by Gasteiger charge is 2.54. The van der Waals surface area contributed by atoms with Gasteiger partial charge in [0.05, 0.1) is 0 Å². The van der Waals surface area contributed by atoms with Crippen LogP contribution in [0.5, 0.6) is 5.75 Å². The van der Waals surface area contributed by atoms with Crippen molar-refractivity contribution in [3.05, 3.63) is 52.4 Å². The number of hydrogen-bond donors (Lipinski definition) is 3. The number of hydrogen-bond acceptors (Lipinski definition) is 10. The van der Waals surface area contributed by atoms with Crippen molar-refractivity contribution in [2.75, 3.05) is 18.1 Å². The molecule has 190 valence electrons. The predicted molar refractivity (Wildman–Crippen MR) is 122 cm³/mol. The van der Waals surface area contributed by atoms with Crippen LogP contribution in [0.15, 0.2) is 46.1 Å². The average molecular weight is 544 g/mol. The van der Waals surface area contributed by atoms with Gasteiger partial charge in [0.1, 0.15) is 41.0 Å². The number of carbonyl (C=O) groups excluding carboxylic acids is 2. The first-order valence-corrected chi connectivity index (χ1v) is 11.9. The van der Waals surface area contributed by atoms with E-state index in [1.807, 2.05) is 0 Å². The normalized spacial score (nSPS) is 19.6. The Balaban J connectivity index is 1.50. The summed E-state index contributed by atoms with van der Waals surface area (Å²) in [6.07, 6.45) is 0. The number of ether oxygens (including phenoxy) is 1. The molecule has 11 nitrogen and oxygen atoms in total. The van der Waals surface area contributed by atoms with E-state index in [-0.39, 0.29) is 40.2 Å². The van der Waals surface area contributed by atoms with E-state index in [0.717, 1.165) is 34.1 Å². The minimum atomic E-state index is -3.31. The Labute approximate surface area is 208 Å². The number of thiazole rings is 1. The number of halogens is 3. The number of carbonyl (C=O) groups is 3. The molecule has 16 heteroatoms. The zero-order chi connectivity index (χ0) is 26.0. The van der Waals surface area contributed by atoms with Crippen LogP contribution < -0.4 is 15.8 Å². The topological polar surface area (TPSA) is 156 Å². The van der Waals surface area contributed by atoms with Crippen LogP contribution >= 0.6 is 23.1 Å². The highest BCUT2D eigenvalue weighted by molar-refractivity contribution is 8.00. The summed E-state index contributed by atoms with van der Waals surface area (Å²) in [7, 11) is 0. The molecule has 0 aliphatic carbocycles. The van der Waals surface area contributed by atoms with Crippen LogP contribution in [0.2, 0.25) is 0 Å². The summed E-state index contributed by atoms with van der Waals surface area (Å²) in [5.74, 6) is -3.39. The van der Waals surface area contributed by atoms with E-state index >= 15 is 0 Å². The molecule has 1 fully saturated rings. The van der Waals surface area contributed by atoms with E-state index in [2.05, 4.69) is 20.3 Å². The highest BCUT2D eigenvalue weighted by atomic mass is 32.2. The summed E-state index contributed by atoms with van der Waals surface area (Å²) in [5.41, 5.74) is 4.72. The Kier molecular flexibility index (Phi) is 7.35. The first kappa shape index (κ1) is 25.3. The molecule has 2 aliphatic heterocycles. The number of nitrogens with two attached hydrogens (primary N) is 1. The van der Waals surface area contributed by atoms with Gasteiger partial charge < -0.3 is 25.7 Å². The zero-order valence-corrected chi connectivity index (χ0v) is 19.5. The molecule has 1 aromatic heterocycles. The summed E-state index contributed by atoms with van der Waals surface area (Å²) < 4.78 is 43.8. The number of carboxylic acid groups (broad SMARTS) is 1. The van der Waals surface area contributed by atoms with E-state index in [9.17, 15) is 32.7 Å². The lowest BCUT2D eigenvalue weighted by Crippen LogP contribution is -2.71. The number of amides is 2. The first-order valence-electron chi connectivity index (χ1n) is 9.98. The molecule has 36 heavy (non-hydrogen) atoms. The molecule has 1 unspecified atom stereocenters. The van der Waals surface area contributed by atoms with Crippen LogP contribution in [0, 0.1) is 5.82 Å². The summed E-state index contributed by atoms with van der Waals surface area (Å²) in [6.45, 7) is -3.52. The fourth-order valence-electron chi connectivity index (χ4n) is 3.42. The van der Waals surface area contributed by atoms with Crippen LogP contribution in [-0.4, -0.2) is 68.9 Å². The number of rotatable bonds is 9. The zero-order valence-electron chi connectivity index (χ0n) is 17.9. The second-order valence-corrected chi connectivity index (χ2v) is 9.24. The molecule has 0 radical (unpaired) electrons. The van der Waals surface area contributed by atoms with Gasteiger partial charge in [0.25, 0.3) is 11.8 Å². The molecule has 1 saturated heterocycles. The number of carboxylic acids is 1. The van der Waals surface area contributed by atoms with Gasteiger partial charge in [-0.15, -0.1) is 23.1 Å². The fraction of sp³-hybridized carbons (Fsp3) is 0.250. The number of alkyl halides is 2. The van der Waals surface area contributed by atoms with E-state index in [1.54, 1.807) is 0 Å². The van der Waals surface area contributed by atoms with Gasteiger partial charge in [0.2, 0.25) is 0 Å². The SMILES string of the molecule is Nc1nc(/C(=N\OC(F)F)C(=O)NC2C(=O)N3C(C(=O)O)=C(COc4cccc(F)c4)CS[C@H]23)cs1. The number of nitrogen functional groups attached to an aromatic ring is 1. The van der Waals surface area contributed by atoms with Crippen molar-refractivity contribution in [3.8, 4) is 5.75 Å². The van der Waals surface area contributed by atoms with Gasteiger partial charge in [-0.3, -0.25) is 14.5 Å². The second kappa shape index (κ2) is 10.4. The summed E-state index contributed by atoms with van der Waals surface area (Å²) in [5, 5.41) is 15.8. The lowest BCUT2D eigenvalue weighted by molar-refractivity contribution is -0.150. The first-order chi connectivity index (χ1) is 17.2. The van der Waals surface area contributed by atoms with Gasteiger partial charge in [0, 0.05) is 22.8 Å². The molecule has 3 heterocycles. The van der Waals surface area contributed by atoms with Crippen molar-refractivity contribution in [3.63, 3.8) is 0 Å². The molecular formula is C20H16F3N5O6S2. The predicted octanol–water partition coefficient (Wildman–Crippen LogP) is 1.63. The monoisotopic (exact) mass is 543 g/mol. The number of anilines is 1. The van der Waals surface area contributed by atoms with Crippen molar-refractivity contribution >= 4 is 51.7 Å². The Morgan fingerprint density at radius 3 is 2.81 bits per heavy atom. The van der Waals surface area contributed by atoms with Crippen molar-refractivity contribution in [1.29, 1.82) is 0 Å². The average Bonchev–Trinajstić information content (AvgIpc) is 3.26. The maximum Gasteiger partial charge on any atom is 0.407 e. The number of benzene rings is 1. The lowest BCUT2D eigenvalue weighted by atomic mass is 10.0. The number of oxime groups is 1. The van der Waals surface area contributed by atoms with Crippen LogP contribution in [0.4, 0.5) is 18.3 Å². The third-order valence-corrected chi connectivity index (χ3v) is 6.96. The highest BCUT2D eigenvalue weighted by Crippen LogP contribution is 2.40. The smallest absolute Gasteiger partial charge is 0.407 e. The summed E-state index contributed by atoms with van der Waals surface area (Å²) in [4.78, 5) is 46.2. The van der Waals surface area contributed by atoms with Crippen molar-refractivity contribution in [2.24, 2.45) is 5.16 Å². The van der Waals surface area contributed by atoms with Crippen molar-refractivity contribution < 1.29 is 42.2 Å². The molecule has 0 spiro atoms. The molecule has 2 amide bonds. The molecule has 1 aromatic carbocycles. The number of nitrogens with one attached hydrogen (secondary N) is 1. The number of nitrogens with zero attached hydrogens (tertiary/aromatic N) is 3. The van der Waals surface area contributed by atoms with Crippen LogP contribution in [0.25, 0.3) is 0 Å². The Morgan fingerprint density at radius 1 is 1.39 bits per heavy atom. The molecule has 4 rings (SSSR count). The quantitative estimate of drug-likeness (QED) is 0.243. The van der Waals surface area contributed by atoms with Crippen LogP contribution in [0.1, 0.15) is 5.69 Å². The largest absolute Gasteiger partial charge is 0.489 e. The number of thioether (sulfide) groups is 1. The minimum absolute atomic E-state index is 0.0421.